The number of hydrogen-bond acceptors (Lipinski definition) is 7. The third kappa shape index (κ3) is 3.37. The Balaban J connectivity index is 1.75. The summed E-state index contributed by atoms with van der Waals surface area (Å²) in [5.74, 6) is 0.490. The molecule has 0 aromatic carbocycles. The molecule has 1 saturated carbocycles. The van der Waals surface area contributed by atoms with Crippen molar-refractivity contribution < 1.29 is 4.92 Å². The predicted octanol–water partition coefficient (Wildman–Crippen LogP) is 4.58. The van der Waals surface area contributed by atoms with Gasteiger partial charge in [0.15, 0.2) is 5.15 Å². The van der Waals surface area contributed by atoms with Gasteiger partial charge in [-0.15, -0.1) is 0 Å². The maximum absolute atomic E-state index is 12.0. The van der Waals surface area contributed by atoms with Crippen LogP contribution in [0.5, 0.6) is 0 Å². The molecule has 2 fully saturated rings. The van der Waals surface area contributed by atoms with Crippen LogP contribution in [0.2, 0.25) is 5.15 Å². The van der Waals surface area contributed by atoms with Gasteiger partial charge in [0, 0.05) is 18.8 Å². The van der Waals surface area contributed by atoms with Crippen molar-refractivity contribution >= 4 is 34.6 Å². The minimum atomic E-state index is -0.419. The fourth-order valence-electron chi connectivity index (χ4n) is 5.15. The lowest BCUT2D eigenvalue weighted by atomic mass is 9.65. The smallest absolute Gasteiger partial charge is 0.347 e. The van der Waals surface area contributed by atoms with Gasteiger partial charge in [-0.1, -0.05) is 32.4 Å². The molecule has 1 saturated heterocycles. The fourth-order valence-corrected chi connectivity index (χ4v) is 5.32. The monoisotopic (exact) mass is 402 g/mol. The highest BCUT2D eigenvalue weighted by Crippen LogP contribution is 2.54. The Morgan fingerprint density at radius 3 is 2.79 bits per heavy atom. The van der Waals surface area contributed by atoms with Crippen LogP contribution in [-0.4, -0.2) is 32.5 Å². The second kappa shape index (κ2) is 6.55. The molecule has 1 aliphatic heterocycles. The molecule has 9 heteroatoms. The number of halogens is 1. The lowest BCUT2D eigenvalue weighted by Crippen LogP contribution is -2.35. The molecular formula is C19H23ClN6O2. The van der Waals surface area contributed by atoms with Crippen molar-refractivity contribution in [2.45, 2.75) is 46.1 Å². The van der Waals surface area contributed by atoms with Crippen LogP contribution >= 0.6 is 11.6 Å². The van der Waals surface area contributed by atoms with Gasteiger partial charge in [-0.05, 0) is 42.2 Å². The first-order valence-corrected chi connectivity index (χ1v) is 9.69. The third-order valence-corrected chi connectivity index (χ3v) is 5.99. The third-order valence-electron chi connectivity index (χ3n) is 5.68. The molecule has 0 radical (unpaired) electrons. The number of pyridine rings is 1. The van der Waals surface area contributed by atoms with Crippen molar-refractivity contribution in [3.05, 3.63) is 39.9 Å². The quantitative estimate of drug-likeness (QED) is 0.454. The van der Waals surface area contributed by atoms with Gasteiger partial charge in [-0.3, -0.25) is 10.1 Å². The van der Waals surface area contributed by atoms with Crippen molar-refractivity contribution in [3.8, 4) is 0 Å². The second-order valence-electron chi connectivity index (χ2n) is 8.96. The molecule has 2 aromatic heterocycles. The normalized spacial score (nSPS) is 25.6. The molecule has 3 heterocycles. The maximum Gasteiger partial charge on any atom is 0.353 e. The number of nitrogens with one attached hydrogen (secondary N) is 1. The summed E-state index contributed by atoms with van der Waals surface area (Å²) in [5.41, 5.74) is 0.672. The van der Waals surface area contributed by atoms with E-state index in [0.29, 0.717) is 11.5 Å². The van der Waals surface area contributed by atoms with E-state index < -0.39 is 4.92 Å². The zero-order valence-corrected chi connectivity index (χ0v) is 16.9. The summed E-state index contributed by atoms with van der Waals surface area (Å²) in [6.07, 6.45) is 6.03. The van der Waals surface area contributed by atoms with Crippen LogP contribution in [0, 0.1) is 20.9 Å². The van der Waals surface area contributed by atoms with Gasteiger partial charge in [0.05, 0.1) is 10.6 Å². The number of fused-ring (bicyclic) bond motifs is 2. The van der Waals surface area contributed by atoms with E-state index in [2.05, 4.69) is 45.9 Å². The molecule has 28 heavy (non-hydrogen) atoms. The van der Waals surface area contributed by atoms with Gasteiger partial charge in [0.25, 0.3) is 0 Å². The van der Waals surface area contributed by atoms with Gasteiger partial charge >= 0.3 is 5.69 Å². The van der Waals surface area contributed by atoms with Crippen molar-refractivity contribution in [2.75, 3.05) is 16.8 Å². The van der Waals surface area contributed by atoms with Crippen molar-refractivity contribution in [1.82, 2.24) is 15.0 Å². The Morgan fingerprint density at radius 1 is 1.29 bits per heavy atom. The minimum Gasteiger partial charge on any atom is -0.347 e. The van der Waals surface area contributed by atoms with Crippen molar-refractivity contribution in [2.24, 2.45) is 10.8 Å². The molecule has 2 aromatic rings. The van der Waals surface area contributed by atoms with Gasteiger partial charge in [0.1, 0.15) is 6.33 Å². The summed E-state index contributed by atoms with van der Waals surface area (Å²) < 4.78 is 0. The van der Waals surface area contributed by atoms with Crippen LogP contribution in [0.15, 0.2) is 24.7 Å². The van der Waals surface area contributed by atoms with Crippen LogP contribution in [-0.2, 0) is 0 Å². The predicted molar refractivity (Wildman–Crippen MR) is 108 cm³/mol. The van der Waals surface area contributed by atoms with Crippen molar-refractivity contribution in [1.29, 1.82) is 0 Å². The lowest BCUT2D eigenvalue weighted by Gasteiger charge is -2.39. The lowest BCUT2D eigenvalue weighted by molar-refractivity contribution is -0.383. The number of aromatic nitrogens is 3. The first-order chi connectivity index (χ1) is 13.2. The van der Waals surface area contributed by atoms with Crippen LogP contribution < -0.4 is 10.2 Å². The van der Waals surface area contributed by atoms with Crippen LogP contribution in [0.4, 0.5) is 23.0 Å². The second-order valence-corrected chi connectivity index (χ2v) is 9.32. The first kappa shape index (κ1) is 18.9. The van der Waals surface area contributed by atoms with Gasteiger partial charge in [-0.2, -0.15) is 0 Å². The molecule has 8 nitrogen and oxygen atoms in total. The summed E-state index contributed by atoms with van der Waals surface area (Å²) >= 11 is 6.10. The van der Waals surface area contributed by atoms with E-state index in [0.717, 1.165) is 25.8 Å². The maximum atomic E-state index is 12.0. The molecule has 148 valence electrons. The fraction of sp³-hybridized carbons (Fsp3) is 0.526. The molecule has 2 unspecified atom stereocenters. The Morgan fingerprint density at radius 2 is 2.07 bits per heavy atom. The van der Waals surface area contributed by atoms with Gasteiger partial charge in [-0.25, -0.2) is 15.0 Å². The average Bonchev–Trinajstić information content (AvgIpc) is 2.85. The highest BCUT2D eigenvalue weighted by Gasteiger charge is 2.51. The molecule has 2 atom stereocenters. The van der Waals surface area contributed by atoms with Crippen LogP contribution in [0.3, 0.4) is 0 Å². The molecule has 2 aliphatic rings. The van der Waals surface area contributed by atoms with E-state index >= 15 is 0 Å². The van der Waals surface area contributed by atoms with E-state index in [1.165, 1.54) is 6.33 Å². The van der Waals surface area contributed by atoms with E-state index in [1.54, 1.807) is 18.3 Å². The summed E-state index contributed by atoms with van der Waals surface area (Å²) in [4.78, 5) is 26.1. The van der Waals surface area contributed by atoms with E-state index in [9.17, 15) is 10.1 Å². The zero-order chi connectivity index (χ0) is 20.1. The molecule has 0 spiro atoms. The highest BCUT2D eigenvalue weighted by atomic mass is 35.5. The van der Waals surface area contributed by atoms with Crippen LogP contribution in [0.25, 0.3) is 0 Å². The Hall–Kier alpha value is -2.48. The number of nitrogens with zero attached hydrogens (tertiary/aromatic N) is 5. The van der Waals surface area contributed by atoms with E-state index in [-0.39, 0.29) is 33.5 Å². The zero-order valence-electron chi connectivity index (χ0n) is 16.1. The summed E-state index contributed by atoms with van der Waals surface area (Å²) in [5, 5.41) is 15.2. The van der Waals surface area contributed by atoms with Gasteiger partial charge < -0.3 is 10.2 Å². The standard InChI is InChI=1S/C19H23ClN6O2/c1-18(2)7-12-8-19(3,9-18)10-25(12)17-14(26(27)28)16(22-11-23-17)24-13-5-4-6-21-15(13)20/h4-6,11-12H,7-10H2,1-3H3,(H,22,23,24). The van der Waals surface area contributed by atoms with Crippen molar-refractivity contribution in [3.63, 3.8) is 0 Å². The van der Waals surface area contributed by atoms with Crippen LogP contribution in [0.1, 0.15) is 40.0 Å². The number of rotatable bonds is 4. The number of anilines is 3. The molecule has 1 N–H and O–H groups in total. The Labute approximate surface area is 168 Å². The minimum absolute atomic E-state index is 0.121. The summed E-state index contributed by atoms with van der Waals surface area (Å²) in [6, 6.07) is 3.64. The van der Waals surface area contributed by atoms with Gasteiger partial charge in [0.2, 0.25) is 11.6 Å². The highest BCUT2D eigenvalue weighted by molar-refractivity contribution is 6.32. The largest absolute Gasteiger partial charge is 0.353 e. The summed E-state index contributed by atoms with van der Waals surface area (Å²) in [7, 11) is 0. The average molecular weight is 403 g/mol. The SMILES string of the molecule is CC1(C)CC2CC(C)(CN2c2ncnc(Nc3cccnc3Cl)c2[N+](=O)[O-])C1. The topological polar surface area (TPSA) is 97.1 Å². The molecule has 4 rings (SSSR count). The first-order valence-electron chi connectivity index (χ1n) is 9.31. The molecule has 1 aliphatic carbocycles. The Kier molecular flexibility index (Phi) is 4.41. The number of nitro groups is 1. The Bertz CT molecular complexity index is 936. The number of hydrogen-bond donors (Lipinski definition) is 1. The van der Waals surface area contributed by atoms with E-state index in [4.69, 9.17) is 11.6 Å². The molecule has 0 amide bonds. The van der Waals surface area contributed by atoms with E-state index in [1.807, 2.05) is 0 Å². The summed E-state index contributed by atoms with van der Waals surface area (Å²) in [6.45, 7) is 7.56. The molecular weight excluding hydrogens is 380 g/mol. The molecule has 2 bridgehead atoms.